The molecule has 2 spiro atoms. The lowest BCUT2D eigenvalue weighted by atomic mass is 9.58. The van der Waals surface area contributed by atoms with E-state index in [4.69, 9.17) is 27.9 Å². The quantitative estimate of drug-likeness (QED) is 0.305. The Kier molecular flexibility index (Phi) is 7.81. The van der Waals surface area contributed by atoms with Crippen molar-refractivity contribution in [3.8, 4) is 0 Å². The minimum absolute atomic E-state index is 0.00614. The van der Waals surface area contributed by atoms with Gasteiger partial charge in [-0.05, 0) is 80.5 Å². The number of fused-ring (bicyclic) bond motifs is 3. The Balaban J connectivity index is 1.48. The molecular weight excluding hydrogens is 580 g/mol. The Labute approximate surface area is 256 Å². The van der Waals surface area contributed by atoms with Crippen molar-refractivity contribution in [2.75, 3.05) is 18.7 Å². The molecule has 2 aliphatic heterocycles. The molecule has 2 aliphatic carbocycles. The summed E-state index contributed by atoms with van der Waals surface area (Å²) in [6.45, 7) is 4.39. The van der Waals surface area contributed by atoms with Gasteiger partial charge in [0.25, 0.3) is 0 Å². The van der Waals surface area contributed by atoms with Crippen LogP contribution in [-0.2, 0) is 15.1 Å². The second kappa shape index (κ2) is 10.9. The highest BCUT2D eigenvalue weighted by Crippen LogP contribution is 2.63. The number of carbonyl (C=O) groups excluding carboxylic acids is 1. The van der Waals surface area contributed by atoms with E-state index in [9.17, 15) is 15.0 Å². The van der Waals surface area contributed by atoms with Crippen LogP contribution in [0.15, 0.2) is 36.4 Å². The van der Waals surface area contributed by atoms with Gasteiger partial charge in [0, 0.05) is 28.2 Å². The first-order valence-corrected chi connectivity index (χ1v) is 15.7. The first-order valence-electron chi connectivity index (χ1n) is 15.0. The zero-order chi connectivity index (χ0) is 29.9. The van der Waals surface area contributed by atoms with Crippen LogP contribution >= 0.6 is 23.2 Å². The van der Waals surface area contributed by atoms with E-state index in [0.29, 0.717) is 36.3 Å². The summed E-state index contributed by atoms with van der Waals surface area (Å²) in [4.78, 5) is 14.3. The number of hydrogen-bond acceptors (Lipinski definition) is 6. The monoisotopic (exact) mass is 619 g/mol. The number of rotatable bonds is 4. The van der Waals surface area contributed by atoms with Crippen molar-refractivity contribution >= 4 is 34.8 Å². The normalized spacial score (nSPS) is 33.3. The van der Waals surface area contributed by atoms with E-state index in [2.05, 4.69) is 29.8 Å². The molecule has 6 rings (SSSR count). The van der Waals surface area contributed by atoms with E-state index < -0.39 is 34.5 Å². The Morgan fingerprint density at radius 1 is 1.10 bits per heavy atom. The molecule has 5 N–H and O–H groups in total. The summed E-state index contributed by atoms with van der Waals surface area (Å²) in [5.74, 6) is -1.53. The van der Waals surface area contributed by atoms with E-state index in [1.807, 2.05) is 18.2 Å². The van der Waals surface area contributed by atoms with Gasteiger partial charge < -0.3 is 25.6 Å². The van der Waals surface area contributed by atoms with Gasteiger partial charge in [-0.3, -0.25) is 10.1 Å². The van der Waals surface area contributed by atoms with Crippen molar-refractivity contribution in [3.63, 3.8) is 0 Å². The number of hydrogen-bond donors (Lipinski definition) is 5. The molecule has 3 atom stereocenters. The van der Waals surface area contributed by atoms with E-state index >= 15 is 4.39 Å². The first kappa shape index (κ1) is 30.1. The van der Waals surface area contributed by atoms with E-state index in [0.717, 1.165) is 36.9 Å². The van der Waals surface area contributed by atoms with Crippen LogP contribution in [0.25, 0.3) is 0 Å². The van der Waals surface area contributed by atoms with Crippen molar-refractivity contribution in [1.29, 1.82) is 0 Å². The van der Waals surface area contributed by atoms with E-state index in [1.54, 1.807) is 12.1 Å². The topological polar surface area (TPSA) is 103 Å². The van der Waals surface area contributed by atoms with Crippen LogP contribution in [0.3, 0.4) is 0 Å². The molecule has 42 heavy (non-hydrogen) atoms. The Morgan fingerprint density at radius 2 is 1.81 bits per heavy atom. The maximum atomic E-state index is 16.1. The lowest BCUT2D eigenvalue weighted by molar-refractivity contribution is -0.129. The van der Waals surface area contributed by atoms with Crippen LogP contribution in [-0.4, -0.2) is 52.7 Å². The fourth-order valence-corrected chi connectivity index (χ4v) is 8.31. The third-order valence-corrected chi connectivity index (χ3v) is 11.0. The predicted molar refractivity (Wildman–Crippen MR) is 161 cm³/mol. The number of aliphatic hydroxyl groups is 2. The highest BCUT2D eigenvalue weighted by atomic mass is 35.5. The smallest absolute Gasteiger partial charge is 0.238 e. The van der Waals surface area contributed by atoms with Crippen molar-refractivity contribution in [2.24, 2.45) is 5.41 Å². The summed E-state index contributed by atoms with van der Waals surface area (Å²) >= 11 is 12.8. The summed E-state index contributed by atoms with van der Waals surface area (Å²) in [5, 5.41) is 31.0. The molecule has 7 nitrogen and oxygen atoms in total. The van der Waals surface area contributed by atoms with E-state index in [1.165, 1.54) is 6.07 Å². The average Bonchev–Trinajstić information content (AvgIpc) is 3.23. The molecule has 2 heterocycles. The maximum absolute atomic E-state index is 16.1. The predicted octanol–water partition coefficient (Wildman–Crippen LogP) is 5.60. The van der Waals surface area contributed by atoms with Gasteiger partial charge >= 0.3 is 0 Å². The first-order chi connectivity index (χ1) is 19.9. The summed E-state index contributed by atoms with van der Waals surface area (Å²) in [6.07, 6.45) is 5.15. The number of halogens is 3. The van der Waals surface area contributed by atoms with Crippen LogP contribution in [0, 0.1) is 11.2 Å². The fraction of sp³-hybridized carbons (Fsp3) is 0.594. The summed E-state index contributed by atoms with van der Waals surface area (Å²) < 4.78 is 23.0. The standard InChI is InChI=1S/C32H40Cl2FN3O4/c1-29(2)12-14-31(15-13-29)32(22-7-6-19(33)16-24(22)36-18-42-32)25(21-4-3-5-23(34)26(21)35)27(38-31)28(40)37-20-8-10-30(41,17-39)11-9-20/h3-7,16,20,25,27,36,38-39,41H,8-15,17-18H2,1-2H3,(H,37,40)/t20-,25-,27+,30-,32-/m0/s1. The molecule has 4 aliphatic rings. The molecule has 0 unspecified atom stereocenters. The molecule has 2 aromatic carbocycles. The van der Waals surface area contributed by atoms with Crippen LogP contribution in [0.1, 0.15) is 82.3 Å². The number of anilines is 1. The van der Waals surface area contributed by atoms with Crippen molar-refractivity contribution in [2.45, 2.75) is 100.0 Å². The average molecular weight is 621 g/mol. The van der Waals surface area contributed by atoms with Gasteiger partial charge in [-0.15, -0.1) is 0 Å². The molecule has 0 aromatic heterocycles. The lowest BCUT2D eigenvalue weighted by Crippen LogP contribution is -2.61. The van der Waals surface area contributed by atoms with E-state index in [-0.39, 0.29) is 35.7 Å². The minimum Gasteiger partial charge on any atom is -0.393 e. The molecule has 0 radical (unpaired) electrons. The van der Waals surface area contributed by atoms with Gasteiger partial charge in [-0.2, -0.15) is 0 Å². The van der Waals surface area contributed by atoms with Gasteiger partial charge in [0.15, 0.2) is 0 Å². The molecule has 2 aromatic rings. The second-order valence-corrected chi connectivity index (χ2v) is 14.4. The number of benzene rings is 2. The Morgan fingerprint density at radius 3 is 2.50 bits per heavy atom. The van der Waals surface area contributed by atoms with Gasteiger partial charge in [-0.1, -0.05) is 55.2 Å². The minimum atomic E-state index is -1.11. The third kappa shape index (κ3) is 4.92. The number of aliphatic hydroxyl groups excluding tert-OH is 1. The number of carbonyl (C=O) groups is 1. The van der Waals surface area contributed by atoms with Gasteiger partial charge in [0.2, 0.25) is 5.91 Å². The zero-order valence-corrected chi connectivity index (χ0v) is 25.6. The molecule has 2 saturated carbocycles. The second-order valence-electron chi connectivity index (χ2n) is 13.5. The third-order valence-electron chi connectivity index (χ3n) is 10.5. The maximum Gasteiger partial charge on any atom is 0.238 e. The van der Waals surface area contributed by atoms with Gasteiger partial charge in [0.05, 0.1) is 28.8 Å². The number of ether oxygens (including phenoxy) is 1. The molecular formula is C32H40Cl2FN3O4. The SMILES string of the molecule is CC1(C)CCC2(CC1)N[C@@H](C(=O)N[C@H]1CC[C@@](O)(CO)CC1)[C@H](c1cccc(Cl)c1F)[C@]21OCNc2cc(Cl)ccc21. The van der Waals surface area contributed by atoms with Crippen molar-refractivity contribution in [3.05, 3.63) is 63.4 Å². The summed E-state index contributed by atoms with van der Waals surface area (Å²) in [5.41, 5.74) is -0.773. The van der Waals surface area contributed by atoms with Crippen molar-refractivity contribution in [1.82, 2.24) is 10.6 Å². The van der Waals surface area contributed by atoms with Crippen LogP contribution < -0.4 is 16.0 Å². The molecule has 1 saturated heterocycles. The zero-order valence-electron chi connectivity index (χ0n) is 24.1. The highest BCUT2D eigenvalue weighted by molar-refractivity contribution is 6.31. The Bertz CT molecular complexity index is 1360. The van der Waals surface area contributed by atoms with Crippen LogP contribution in [0.2, 0.25) is 10.0 Å². The van der Waals surface area contributed by atoms with Crippen molar-refractivity contribution < 1.29 is 24.1 Å². The molecule has 228 valence electrons. The van der Waals surface area contributed by atoms with Gasteiger partial charge in [-0.25, -0.2) is 4.39 Å². The molecule has 10 heteroatoms. The molecule has 3 fully saturated rings. The van der Waals surface area contributed by atoms with Crippen LogP contribution in [0.4, 0.5) is 10.1 Å². The molecule has 0 bridgehead atoms. The van der Waals surface area contributed by atoms with Crippen LogP contribution in [0.5, 0.6) is 0 Å². The lowest BCUT2D eigenvalue weighted by Gasteiger charge is -2.54. The number of nitrogens with one attached hydrogen (secondary N) is 3. The number of amides is 1. The largest absolute Gasteiger partial charge is 0.393 e. The molecule has 1 amide bonds. The Hall–Kier alpha value is -1.94. The summed E-state index contributed by atoms with van der Waals surface area (Å²) in [7, 11) is 0. The summed E-state index contributed by atoms with van der Waals surface area (Å²) in [6, 6.07) is 9.59. The highest BCUT2D eigenvalue weighted by Gasteiger charge is 2.69. The fourth-order valence-electron chi connectivity index (χ4n) is 7.96. The van der Waals surface area contributed by atoms with Gasteiger partial charge in [0.1, 0.15) is 18.1 Å².